The summed E-state index contributed by atoms with van der Waals surface area (Å²) >= 11 is 0. The standard InChI is InChI=1S/C27H41F2N3O/c1-25(2,33)27(28,29)17-8-12-22-13-14-23-20(11-7-16-26(22,23)3)15-18-32(31)19-24(30)21-9-5-4-6-10-21/h4-6,9-10,15,19,22-23,33H,7-8,11-14,16-18,30-31H2,1-3H3/b20-15+,24-19-/t22?,23?,26-/m1/s1. The summed E-state index contributed by atoms with van der Waals surface area (Å²) in [5.41, 5.74) is 7.40. The second-order valence-electron chi connectivity index (χ2n) is 10.8. The minimum absolute atomic E-state index is 0.159. The number of allylic oxidation sites excluding steroid dienone is 1. The molecule has 2 unspecified atom stereocenters. The summed E-state index contributed by atoms with van der Waals surface area (Å²) in [4.78, 5) is 0. The van der Waals surface area contributed by atoms with E-state index in [1.807, 2.05) is 30.3 Å². The third kappa shape index (κ3) is 5.96. The fourth-order valence-electron chi connectivity index (χ4n) is 5.90. The molecule has 0 aliphatic heterocycles. The molecule has 0 bridgehead atoms. The Morgan fingerprint density at radius 2 is 1.94 bits per heavy atom. The van der Waals surface area contributed by atoms with Crippen molar-refractivity contribution in [3.63, 3.8) is 0 Å². The largest absolute Gasteiger partial charge is 0.397 e. The van der Waals surface area contributed by atoms with Crippen molar-refractivity contribution in [3.05, 3.63) is 53.7 Å². The van der Waals surface area contributed by atoms with Crippen LogP contribution in [0.2, 0.25) is 0 Å². The van der Waals surface area contributed by atoms with E-state index in [0.29, 0.717) is 30.5 Å². The molecule has 0 spiro atoms. The predicted molar refractivity (Wildman–Crippen MR) is 131 cm³/mol. The minimum atomic E-state index is -3.05. The lowest BCUT2D eigenvalue weighted by Crippen LogP contribution is -2.42. The Morgan fingerprint density at radius 1 is 1.24 bits per heavy atom. The fraction of sp³-hybridized carbons (Fsp3) is 0.630. The lowest BCUT2D eigenvalue weighted by molar-refractivity contribution is -0.166. The second kappa shape index (κ2) is 10.1. The van der Waals surface area contributed by atoms with Gasteiger partial charge in [-0.3, -0.25) is 0 Å². The summed E-state index contributed by atoms with van der Waals surface area (Å²) in [6, 6.07) is 9.77. The van der Waals surface area contributed by atoms with Gasteiger partial charge in [0, 0.05) is 12.6 Å². The monoisotopic (exact) mass is 461 g/mol. The summed E-state index contributed by atoms with van der Waals surface area (Å²) in [7, 11) is 0. The number of aliphatic hydroxyl groups is 1. The fourth-order valence-corrected chi connectivity index (χ4v) is 5.90. The summed E-state index contributed by atoms with van der Waals surface area (Å²) in [6.45, 7) is 5.34. The average molecular weight is 462 g/mol. The van der Waals surface area contributed by atoms with Crippen LogP contribution in [0.4, 0.5) is 8.78 Å². The number of nitrogens with two attached hydrogens (primary N) is 2. The van der Waals surface area contributed by atoms with Gasteiger partial charge in [0.25, 0.3) is 5.92 Å². The van der Waals surface area contributed by atoms with Gasteiger partial charge in [-0.25, -0.2) is 14.6 Å². The van der Waals surface area contributed by atoms with E-state index in [9.17, 15) is 13.9 Å². The molecule has 2 fully saturated rings. The SMILES string of the molecule is CC(C)(O)C(F)(F)CCCC1CCC2/C(=C/CN(N)/C=C(\N)c3ccccc3)CCC[C@]12C. The van der Waals surface area contributed by atoms with Gasteiger partial charge < -0.3 is 15.8 Å². The van der Waals surface area contributed by atoms with Crippen molar-refractivity contribution in [3.8, 4) is 0 Å². The molecule has 2 aliphatic rings. The van der Waals surface area contributed by atoms with Crippen LogP contribution >= 0.6 is 0 Å². The predicted octanol–water partition coefficient (Wildman–Crippen LogP) is 5.84. The molecule has 2 saturated carbocycles. The molecular weight excluding hydrogens is 420 g/mol. The van der Waals surface area contributed by atoms with E-state index in [0.717, 1.165) is 44.1 Å². The van der Waals surface area contributed by atoms with Gasteiger partial charge in [-0.15, -0.1) is 0 Å². The van der Waals surface area contributed by atoms with Crippen LogP contribution in [-0.2, 0) is 0 Å². The minimum Gasteiger partial charge on any atom is -0.397 e. The molecule has 5 N–H and O–H groups in total. The topological polar surface area (TPSA) is 75.5 Å². The summed E-state index contributed by atoms with van der Waals surface area (Å²) in [5.74, 6) is 4.10. The molecule has 0 radical (unpaired) electrons. The molecular formula is C27H41F2N3O. The van der Waals surface area contributed by atoms with E-state index < -0.39 is 11.5 Å². The maximum atomic E-state index is 14.2. The molecule has 0 saturated heterocycles. The van der Waals surface area contributed by atoms with Crippen LogP contribution in [0.25, 0.3) is 5.70 Å². The lowest BCUT2D eigenvalue weighted by Gasteiger charge is -2.43. The van der Waals surface area contributed by atoms with Gasteiger partial charge in [-0.05, 0) is 81.6 Å². The van der Waals surface area contributed by atoms with E-state index in [1.54, 1.807) is 11.2 Å². The third-order valence-corrected chi connectivity index (χ3v) is 8.08. The molecule has 0 amide bonds. The van der Waals surface area contributed by atoms with Crippen molar-refractivity contribution in [1.29, 1.82) is 0 Å². The molecule has 1 aromatic rings. The van der Waals surface area contributed by atoms with Crippen molar-refractivity contribution >= 4 is 5.70 Å². The highest BCUT2D eigenvalue weighted by molar-refractivity contribution is 5.61. The van der Waals surface area contributed by atoms with E-state index >= 15 is 0 Å². The molecule has 0 aromatic heterocycles. The van der Waals surface area contributed by atoms with Gasteiger partial charge in [0.05, 0.1) is 12.2 Å². The first-order valence-corrected chi connectivity index (χ1v) is 12.3. The highest BCUT2D eigenvalue weighted by Gasteiger charge is 2.49. The molecule has 3 atom stereocenters. The average Bonchev–Trinajstić information content (AvgIpc) is 3.08. The van der Waals surface area contributed by atoms with Crippen LogP contribution in [0.3, 0.4) is 0 Å². The van der Waals surface area contributed by atoms with Crippen molar-refractivity contribution in [2.75, 3.05) is 6.54 Å². The number of rotatable bonds is 9. The molecule has 33 heavy (non-hydrogen) atoms. The molecule has 3 rings (SSSR count). The van der Waals surface area contributed by atoms with Crippen molar-refractivity contribution in [2.24, 2.45) is 28.8 Å². The smallest absolute Gasteiger partial charge is 0.275 e. The quantitative estimate of drug-likeness (QED) is 0.245. The zero-order valence-corrected chi connectivity index (χ0v) is 20.4. The molecule has 184 valence electrons. The van der Waals surface area contributed by atoms with Gasteiger partial charge in [0.2, 0.25) is 0 Å². The number of benzene rings is 1. The molecule has 2 aliphatic carbocycles. The Hall–Kier alpha value is -1.92. The van der Waals surface area contributed by atoms with Crippen LogP contribution < -0.4 is 11.6 Å². The number of hydrogen-bond acceptors (Lipinski definition) is 4. The van der Waals surface area contributed by atoms with Crippen LogP contribution in [0, 0.1) is 17.3 Å². The van der Waals surface area contributed by atoms with E-state index in [2.05, 4.69) is 13.0 Å². The molecule has 0 heterocycles. The van der Waals surface area contributed by atoms with E-state index in [1.165, 1.54) is 19.4 Å². The van der Waals surface area contributed by atoms with Crippen LogP contribution in [0.5, 0.6) is 0 Å². The first kappa shape index (κ1) is 25.7. The normalized spacial score (nSPS) is 27.6. The maximum absolute atomic E-state index is 14.2. The van der Waals surface area contributed by atoms with Gasteiger partial charge in [-0.2, -0.15) is 0 Å². The Kier molecular flexibility index (Phi) is 7.90. The summed E-state index contributed by atoms with van der Waals surface area (Å²) < 4.78 is 28.4. The van der Waals surface area contributed by atoms with E-state index in [4.69, 9.17) is 11.6 Å². The number of alkyl halides is 2. The van der Waals surface area contributed by atoms with Gasteiger partial charge >= 0.3 is 0 Å². The van der Waals surface area contributed by atoms with Gasteiger partial charge in [0.15, 0.2) is 0 Å². The highest BCUT2D eigenvalue weighted by Crippen LogP contribution is 2.58. The zero-order chi connectivity index (χ0) is 24.3. The van der Waals surface area contributed by atoms with Crippen molar-refractivity contribution in [1.82, 2.24) is 5.01 Å². The van der Waals surface area contributed by atoms with Crippen molar-refractivity contribution < 1.29 is 13.9 Å². The number of nitrogens with zero attached hydrogens (tertiary/aromatic N) is 1. The van der Waals surface area contributed by atoms with Gasteiger partial charge in [-0.1, -0.05) is 48.9 Å². The molecule has 4 nitrogen and oxygen atoms in total. The first-order valence-electron chi connectivity index (χ1n) is 12.3. The first-order chi connectivity index (χ1) is 15.4. The van der Waals surface area contributed by atoms with E-state index in [-0.39, 0.29) is 11.8 Å². The van der Waals surface area contributed by atoms with Gasteiger partial charge in [0.1, 0.15) is 5.60 Å². The van der Waals surface area contributed by atoms with Crippen LogP contribution in [0.1, 0.15) is 77.7 Å². The number of fused-ring (bicyclic) bond motifs is 1. The summed E-state index contributed by atoms with van der Waals surface area (Å²) in [6.07, 6.45) is 10.6. The Labute approximate surface area is 197 Å². The van der Waals surface area contributed by atoms with Crippen molar-refractivity contribution in [2.45, 2.75) is 83.7 Å². The Balaban J connectivity index is 1.60. The summed E-state index contributed by atoms with van der Waals surface area (Å²) in [5, 5.41) is 11.4. The lowest BCUT2D eigenvalue weighted by atomic mass is 9.62. The number of hydrazine groups is 1. The third-order valence-electron chi connectivity index (χ3n) is 8.08. The maximum Gasteiger partial charge on any atom is 0.275 e. The second-order valence-corrected chi connectivity index (χ2v) is 10.8. The molecule has 1 aromatic carbocycles. The Bertz CT molecular complexity index is 847. The highest BCUT2D eigenvalue weighted by atomic mass is 19.3. The van der Waals surface area contributed by atoms with Crippen LogP contribution in [0.15, 0.2) is 48.2 Å². The van der Waals surface area contributed by atoms with Crippen LogP contribution in [-0.4, -0.2) is 28.2 Å². The zero-order valence-electron chi connectivity index (χ0n) is 20.4. The Morgan fingerprint density at radius 3 is 2.61 bits per heavy atom. The number of halogens is 2. The number of hydrogen-bond donors (Lipinski definition) is 3. The molecule has 6 heteroatoms.